The van der Waals surface area contributed by atoms with Gasteiger partial charge in [0.2, 0.25) is 10.0 Å². The zero-order valence-electron chi connectivity index (χ0n) is 10.00. The third-order valence-electron chi connectivity index (χ3n) is 2.54. The van der Waals surface area contributed by atoms with Crippen LogP contribution in [-0.4, -0.2) is 24.9 Å². The molecule has 0 radical (unpaired) electrons. The van der Waals surface area contributed by atoms with Crippen LogP contribution in [0.15, 0.2) is 41.7 Å². The highest BCUT2D eigenvalue weighted by molar-refractivity contribution is 7.89. The predicted molar refractivity (Wildman–Crippen MR) is 68.6 cm³/mol. The molecule has 0 spiro atoms. The molecule has 1 aromatic heterocycles. The average molecular weight is 276 g/mol. The van der Waals surface area contributed by atoms with E-state index in [2.05, 4.69) is 14.7 Å². The molecule has 0 aliphatic rings. The molecule has 6 nitrogen and oxygen atoms in total. The first-order valence-corrected chi connectivity index (χ1v) is 7.08. The summed E-state index contributed by atoms with van der Waals surface area (Å²) in [6.07, 6.45) is 3.68. The van der Waals surface area contributed by atoms with Gasteiger partial charge >= 0.3 is 0 Å². The maximum absolute atomic E-state index is 12.1. The van der Waals surface area contributed by atoms with Crippen molar-refractivity contribution in [3.63, 3.8) is 0 Å². The van der Waals surface area contributed by atoms with E-state index in [1.807, 2.05) is 6.07 Å². The molecule has 2 aromatic rings. The molecule has 0 aliphatic carbocycles. The van der Waals surface area contributed by atoms with Crippen molar-refractivity contribution < 1.29 is 8.42 Å². The van der Waals surface area contributed by atoms with Gasteiger partial charge in [-0.15, -0.1) is 0 Å². The Hall–Kier alpha value is -2.17. The second-order valence-corrected chi connectivity index (χ2v) is 5.57. The number of sulfonamides is 1. The highest BCUT2D eigenvalue weighted by atomic mass is 32.2. The second kappa shape index (κ2) is 5.65. The highest BCUT2D eigenvalue weighted by Gasteiger charge is 2.17. The quantitative estimate of drug-likeness (QED) is 0.843. The van der Waals surface area contributed by atoms with Gasteiger partial charge in [-0.3, -0.25) is 0 Å². The minimum atomic E-state index is -3.66. The minimum absolute atomic E-state index is 0.00195. The summed E-state index contributed by atoms with van der Waals surface area (Å²) in [5.41, 5.74) is 0.979. The van der Waals surface area contributed by atoms with Crippen molar-refractivity contribution in [3.05, 3.63) is 48.0 Å². The summed E-state index contributed by atoms with van der Waals surface area (Å²) in [6, 6.07) is 7.97. The Morgan fingerprint density at radius 3 is 2.84 bits per heavy atom. The molecule has 0 bridgehead atoms. The smallest absolute Gasteiger partial charge is 0.241 e. The number of nitrogens with one attached hydrogen (secondary N) is 2. The summed E-state index contributed by atoms with van der Waals surface area (Å²) >= 11 is 0. The fourth-order valence-electron chi connectivity index (χ4n) is 1.61. The van der Waals surface area contributed by atoms with Crippen molar-refractivity contribution in [2.24, 2.45) is 0 Å². The predicted octanol–water partition coefficient (Wildman–Crippen LogP) is 0.802. The summed E-state index contributed by atoms with van der Waals surface area (Å²) in [4.78, 5) is 6.74. The molecule has 1 aromatic carbocycles. The van der Waals surface area contributed by atoms with E-state index in [9.17, 15) is 8.42 Å². The molecule has 7 heteroatoms. The van der Waals surface area contributed by atoms with Crippen molar-refractivity contribution >= 4 is 10.0 Å². The van der Waals surface area contributed by atoms with Crippen LogP contribution < -0.4 is 4.72 Å². The van der Waals surface area contributed by atoms with Crippen LogP contribution in [0, 0.1) is 11.3 Å². The number of nitrogens with zero attached hydrogens (tertiary/aromatic N) is 2. The van der Waals surface area contributed by atoms with E-state index >= 15 is 0 Å². The Labute approximate surface area is 111 Å². The van der Waals surface area contributed by atoms with Gasteiger partial charge < -0.3 is 4.98 Å². The molecular formula is C12H12N4O2S. The largest absolute Gasteiger partial charge is 0.348 e. The number of aromatic amines is 1. The molecular weight excluding hydrogens is 264 g/mol. The molecule has 0 aliphatic heterocycles. The van der Waals surface area contributed by atoms with Gasteiger partial charge in [0.05, 0.1) is 16.8 Å². The summed E-state index contributed by atoms with van der Waals surface area (Å²) in [5, 5.41) is 8.90. The molecule has 2 rings (SSSR count). The van der Waals surface area contributed by atoms with Crippen LogP contribution in [0.4, 0.5) is 0 Å². The van der Waals surface area contributed by atoms with E-state index < -0.39 is 10.0 Å². The monoisotopic (exact) mass is 276 g/mol. The van der Waals surface area contributed by atoms with Crippen molar-refractivity contribution in [1.82, 2.24) is 14.7 Å². The van der Waals surface area contributed by atoms with Gasteiger partial charge in [-0.05, 0) is 12.1 Å². The lowest BCUT2D eigenvalue weighted by molar-refractivity contribution is 0.581. The molecule has 0 amide bonds. The molecule has 1 heterocycles. The van der Waals surface area contributed by atoms with Gasteiger partial charge in [0.1, 0.15) is 6.07 Å². The van der Waals surface area contributed by atoms with Crippen LogP contribution in [0.5, 0.6) is 0 Å². The van der Waals surface area contributed by atoms with Gasteiger partial charge in [-0.25, -0.2) is 18.1 Å². The molecule has 2 N–H and O–H groups in total. The second-order valence-electron chi connectivity index (χ2n) is 3.83. The van der Waals surface area contributed by atoms with Crippen LogP contribution in [0.1, 0.15) is 11.3 Å². The fraction of sp³-hybridized carbons (Fsp3) is 0.167. The van der Waals surface area contributed by atoms with Crippen LogP contribution in [0.3, 0.4) is 0 Å². The van der Waals surface area contributed by atoms with E-state index in [-0.39, 0.29) is 17.0 Å². The number of rotatable bonds is 5. The van der Waals surface area contributed by atoms with Crippen LogP contribution in [0.25, 0.3) is 0 Å². The Bertz CT molecular complexity index is 687. The Balaban J connectivity index is 2.08. The zero-order chi connectivity index (χ0) is 13.7. The lowest BCUT2D eigenvalue weighted by atomic mass is 10.2. The van der Waals surface area contributed by atoms with Gasteiger partial charge in [-0.1, -0.05) is 12.1 Å². The van der Waals surface area contributed by atoms with Crippen LogP contribution >= 0.6 is 0 Å². The zero-order valence-corrected chi connectivity index (χ0v) is 10.8. The van der Waals surface area contributed by atoms with Gasteiger partial charge in [0.25, 0.3) is 0 Å². The summed E-state index contributed by atoms with van der Waals surface area (Å²) in [6.45, 7) is 0.240. The van der Waals surface area contributed by atoms with Crippen molar-refractivity contribution in [2.75, 3.05) is 6.54 Å². The lowest BCUT2D eigenvalue weighted by Gasteiger charge is -2.07. The summed E-state index contributed by atoms with van der Waals surface area (Å²) in [7, 11) is -3.66. The van der Waals surface area contributed by atoms with Crippen molar-refractivity contribution in [1.29, 1.82) is 5.26 Å². The lowest BCUT2D eigenvalue weighted by Crippen LogP contribution is -2.26. The molecule has 0 fully saturated rings. The Kier molecular flexibility index (Phi) is 3.94. The first-order chi connectivity index (χ1) is 9.13. The fourth-order valence-corrected chi connectivity index (χ4v) is 2.80. The molecule has 0 saturated heterocycles. The number of imidazole rings is 1. The standard InChI is InChI=1S/C12H12N4O2S/c13-7-10-3-1-2-4-12(10)19(17,18)16-6-5-11-8-14-9-15-11/h1-4,8-9,16H,5-6H2,(H,14,15). The SMILES string of the molecule is N#Cc1ccccc1S(=O)(=O)NCCc1cnc[nH]1. The van der Waals surface area contributed by atoms with E-state index in [0.29, 0.717) is 6.42 Å². The Morgan fingerprint density at radius 1 is 1.37 bits per heavy atom. The number of nitriles is 1. The van der Waals surface area contributed by atoms with E-state index in [1.54, 1.807) is 18.3 Å². The maximum atomic E-state index is 12.1. The maximum Gasteiger partial charge on any atom is 0.241 e. The van der Waals surface area contributed by atoms with E-state index in [4.69, 9.17) is 5.26 Å². The summed E-state index contributed by atoms with van der Waals surface area (Å²) < 4.78 is 26.6. The minimum Gasteiger partial charge on any atom is -0.348 e. The van der Waals surface area contributed by atoms with Crippen molar-refractivity contribution in [2.45, 2.75) is 11.3 Å². The van der Waals surface area contributed by atoms with Crippen molar-refractivity contribution in [3.8, 4) is 6.07 Å². The van der Waals surface area contributed by atoms with Gasteiger partial charge in [-0.2, -0.15) is 5.26 Å². The van der Waals surface area contributed by atoms with Crippen LogP contribution in [-0.2, 0) is 16.4 Å². The molecule has 0 unspecified atom stereocenters. The summed E-state index contributed by atoms with van der Waals surface area (Å²) in [5.74, 6) is 0. The molecule has 0 saturated carbocycles. The molecule has 98 valence electrons. The number of hydrogen-bond donors (Lipinski definition) is 2. The molecule has 19 heavy (non-hydrogen) atoms. The molecule has 0 atom stereocenters. The van der Waals surface area contributed by atoms with E-state index in [1.165, 1.54) is 18.5 Å². The van der Waals surface area contributed by atoms with Gasteiger partial charge in [0, 0.05) is 24.9 Å². The highest BCUT2D eigenvalue weighted by Crippen LogP contribution is 2.13. The Morgan fingerprint density at radius 2 is 2.16 bits per heavy atom. The third kappa shape index (κ3) is 3.19. The first kappa shape index (κ1) is 13.3. The third-order valence-corrected chi connectivity index (χ3v) is 4.06. The topological polar surface area (TPSA) is 98.6 Å². The van der Waals surface area contributed by atoms with Gasteiger partial charge in [0.15, 0.2) is 0 Å². The number of benzene rings is 1. The normalized spacial score (nSPS) is 11.1. The average Bonchev–Trinajstić information content (AvgIpc) is 2.91. The van der Waals surface area contributed by atoms with Crippen LogP contribution in [0.2, 0.25) is 0 Å². The number of H-pyrrole nitrogens is 1. The first-order valence-electron chi connectivity index (χ1n) is 5.59. The van der Waals surface area contributed by atoms with E-state index in [0.717, 1.165) is 5.69 Å². The number of hydrogen-bond acceptors (Lipinski definition) is 4. The number of aromatic nitrogens is 2.